The second kappa shape index (κ2) is 8.32. The number of phenolic OH excluding ortho intramolecular Hbond substituents is 1. The van der Waals surface area contributed by atoms with Gasteiger partial charge in [-0.3, -0.25) is 4.79 Å². The molecule has 6 nitrogen and oxygen atoms in total. The molecule has 1 amide bonds. The lowest BCUT2D eigenvalue weighted by Gasteiger charge is -2.19. The van der Waals surface area contributed by atoms with E-state index >= 15 is 0 Å². The zero-order chi connectivity index (χ0) is 20.3. The highest BCUT2D eigenvalue weighted by molar-refractivity contribution is 7.89. The van der Waals surface area contributed by atoms with Crippen LogP contribution in [0.15, 0.2) is 41.3 Å². The summed E-state index contributed by atoms with van der Waals surface area (Å²) in [5.74, 6) is -0.550. The molecule has 0 fully saturated rings. The topological polar surface area (TPSA) is 86.7 Å². The first-order valence-electron chi connectivity index (χ1n) is 9.63. The Balaban J connectivity index is 1.87. The van der Waals surface area contributed by atoms with Gasteiger partial charge in [0.1, 0.15) is 5.75 Å². The van der Waals surface area contributed by atoms with Crippen LogP contribution in [0.5, 0.6) is 5.75 Å². The molecule has 0 saturated carbocycles. The first kappa shape index (κ1) is 20.4. The molecule has 7 heteroatoms. The van der Waals surface area contributed by atoms with E-state index in [1.54, 1.807) is 19.9 Å². The van der Waals surface area contributed by atoms with Crippen molar-refractivity contribution in [2.24, 2.45) is 0 Å². The molecule has 1 aliphatic carbocycles. The molecule has 3 rings (SSSR count). The Morgan fingerprint density at radius 1 is 1.04 bits per heavy atom. The molecule has 0 radical (unpaired) electrons. The summed E-state index contributed by atoms with van der Waals surface area (Å²) in [5.41, 5.74) is 3.03. The number of nitrogens with one attached hydrogen (secondary N) is 1. The van der Waals surface area contributed by atoms with Crippen LogP contribution < -0.4 is 5.32 Å². The molecule has 2 aromatic rings. The molecule has 2 aromatic carbocycles. The molecule has 150 valence electrons. The van der Waals surface area contributed by atoms with Crippen LogP contribution in [0, 0.1) is 0 Å². The maximum Gasteiger partial charge on any atom is 0.255 e. The number of carbonyl (C=O) groups is 1. The van der Waals surface area contributed by atoms with Gasteiger partial charge >= 0.3 is 0 Å². The van der Waals surface area contributed by atoms with Gasteiger partial charge in [0, 0.05) is 18.7 Å². The van der Waals surface area contributed by atoms with Gasteiger partial charge in [0.2, 0.25) is 10.0 Å². The third-order valence-electron chi connectivity index (χ3n) is 5.17. The predicted octanol–water partition coefficient (Wildman–Crippen LogP) is 3.55. The van der Waals surface area contributed by atoms with Gasteiger partial charge in [-0.15, -0.1) is 0 Å². The number of hydrogen-bond acceptors (Lipinski definition) is 4. The van der Waals surface area contributed by atoms with Crippen molar-refractivity contribution < 1.29 is 18.3 Å². The number of rotatable bonds is 6. The molecule has 0 atom stereocenters. The number of carbonyl (C=O) groups excluding carboxylic acids is 1. The van der Waals surface area contributed by atoms with E-state index in [0.29, 0.717) is 18.7 Å². The number of phenols is 1. The van der Waals surface area contributed by atoms with Gasteiger partial charge in [-0.25, -0.2) is 8.42 Å². The number of anilines is 1. The van der Waals surface area contributed by atoms with E-state index in [0.717, 1.165) is 19.3 Å². The van der Waals surface area contributed by atoms with Crippen LogP contribution in [0.2, 0.25) is 0 Å². The highest BCUT2D eigenvalue weighted by atomic mass is 32.2. The van der Waals surface area contributed by atoms with Crippen molar-refractivity contribution in [1.82, 2.24) is 4.31 Å². The van der Waals surface area contributed by atoms with Crippen LogP contribution in [0.3, 0.4) is 0 Å². The lowest BCUT2D eigenvalue weighted by atomic mass is 9.90. The van der Waals surface area contributed by atoms with Crippen molar-refractivity contribution in [2.75, 3.05) is 18.4 Å². The largest absolute Gasteiger partial charge is 0.506 e. The lowest BCUT2D eigenvalue weighted by Crippen LogP contribution is -2.30. The Bertz CT molecular complexity index is 982. The number of aryl methyl sites for hydroxylation is 2. The summed E-state index contributed by atoms with van der Waals surface area (Å²) in [4.78, 5) is 12.7. The number of benzene rings is 2. The average Bonchev–Trinajstić information content (AvgIpc) is 2.69. The van der Waals surface area contributed by atoms with E-state index in [1.807, 2.05) is 12.1 Å². The van der Waals surface area contributed by atoms with Crippen LogP contribution in [0.1, 0.15) is 48.2 Å². The van der Waals surface area contributed by atoms with Crippen molar-refractivity contribution >= 4 is 21.6 Å². The molecular weight excluding hydrogens is 376 g/mol. The first-order valence-corrected chi connectivity index (χ1v) is 11.1. The number of amides is 1. The second-order valence-electron chi connectivity index (χ2n) is 6.91. The molecule has 0 aliphatic heterocycles. The normalized spacial score (nSPS) is 14.0. The van der Waals surface area contributed by atoms with Gasteiger partial charge in [0.25, 0.3) is 5.91 Å². The Morgan fingerprint density at radius 2 is 1.71 bits per heavy atom. The molecule has 28 heavy (non-hydrogen) atoms. The fraction of sp³-hybridized carbons (Fsp3) is 0.381. The third kappa shape index (κ3) is 4.05. The van der Waals surface area contributed by atoms with E-state index in [-0.39, 0.29) is 22.2 Å². The standard InChI is InChI=1S/C21H26N2O4S/c1-3-23(4-2)28(26,27)18-11-12-20(24)19(14-18)22-21(25)17-10-9-15-7-5-6-8-16(15)13-17/h9-14,24H,3-8H2,1-2H3,(H,22,25). The third-order valence-corrected chi connectivity index (χ3v) is 7.22. The van der Waals surface area contributed by atoms with Gasteiger partial charge in [-0.2, -0.15) is 4.31 Å². The minimum Gasteiger partial charge on any atom is -0.506 e. The van der Waals surface area contributed by atoms with E-state index in [2.05, 4.69) is 5.32 Å². The fourth-order valence-corrected chi connectivity index (χ4v) is 5.04. The van der Waals surface area contributed by atoms with Gasteiger partial charge in [0.05, 0.1) is 10.6 Å². The van der Waals surface area contributed by atoms with E-state index in [9.17, 15) is 18.3 Å². The van der Waals surface area contributed by atoms with Gasteiger partial charge in [-0.1, -0.05) is 19.9 Å². The van der Waals surface area contributed by atoms with Crippen molar-refractivity contribution in [3.8, 4) is 5.75 Å². The van der Waals surface area contributed by atoms with Gasteiger partial charge < -0.3 is 10.4 Å². The highest BCUT2D eigenvalue weighted by Gasteiger charge is 2.23. The van der Waals surface area contributed by atoms with Crippen LogP contribution in [-0.4, -0.2) is 36.8 Å². The summed E-state index contributed by atoms with van der Waals surface area (Å²) in [6, 6.07) is 9.57. The fourth-order valence-electron chi connectivity index (χ4n) is 3.56. The van der Waals surface area contributed by atoms with Crippen LogP contribution in [-0.2, 0) is 22.9 Å². The Morgan fingerprint density at radius 3 is 2.39 bits per heavy atom. The minimum atomic E-state index is -3.68. The highest BCUT2D eigenvalue weighted by Crippen LogP contribution is 2.29. The number of fused-ring (bicyclic) bond motifs is 1. The Kier molecular flexibility index (Phi) is 6.05. The SMILES string of the molecule is CCN(CC)S(=O)(=O)c1ccc(O)c(NC(=O)c2ccc3c(c2)CCCC3)c1. The number of hydrogen-bond donors (Lipinski definition) is 2. The average molecular weight is 403 g/mol. The van der Waals surface area contributed by atoms with Crippen molar-refractivity contribution in [1.29, 1.82) is 0 Å². The van der Waals surface area contributed by atoms with Crippen molar-refractivity contribution in [3.63, 3.8) is 0 Å². The summed E-state index contributed by atoms with van der Waals surface area (Å²) in [6.45, 7) is 4.22. The lowest BCUT2D eigenvalue weighted by molar-refractivity contribution is 0.102. The van der Waals surface area contributed by atoms with E-state index in [1.165, 1.54) is 40.1 Å². The minimum absolute atomic E-state index is 0.0368. The molecule has 0 aromatic heterocycles. The van der Waals surface area contributed by atoms with Crippen molar-refractivity contribution in [3.05, 3.63) is 53.1 Å². The van der Waals surface area contributed by atoms with Gasteiger partial charge in [-0.05, 0) is 67.1 Å². The molecule has 2 N–H and O–H groups in total. The maximum atomic E-state index is 12.7. The summed E-state index contributed by atoms with van der Waals surface area (Å²) in [5, 5.41) is 12.8. The maximum absolute atomic E-state index is 12.7. The number of aromatic hydroxyl groups is 1. The monoisotopic (exact) mass is 402 g/mol. The molecule has 0 unspecified atom stereocenters. The predicted molar refractivity (Wildman–Crippen MR) is 109 cm³/mol. The second-order valence-corrected chi connectivity index (χ2v) is 8.85. The molecule has 1 aliphatic rings. The number of sulfonamides is 1. The zero-order valence-corrected chi connectivity index (χ0v) is 17.1. The van der Waals surface area contributed by atoms with Crippen molar-refractivity contribution in [2.45, 2.75) is 44.4 Å². The number of nitrogens with zero attached hydrogens (tertiary/aromatic N) is 1. The molecule has 0 saturated heterocycles. The summed E-state index contributed by atoms with van der Waals surface area (Å²) >= 11 is 0. The van der Waals surface area contributed by atoms with Crippen LogP contribution in [0.4, 0.5) is 5.69 Å². The van der Waals surface area contributed by atoms with Crippen LogP contribution in [0.25, 0.3) is 0 Å². The molecule has 0 spiro atoms. The zero-order valence-electron chi connectivity index (χ0n) is 16.2. The first-order chi connectivity index (χ1) is 13.4. The molecule has 0 heterocycles. The van der Waals surface area contributed by atoms with E-state index < -0.39 is 10.0 Å². The van der Waals surface area contributed by atoms with Gasteiger partial charge in [0.15, 0.2) is 0 Å². The quantitative estimate of drug-likeness (QED) is 0.724. The Hall–Kier alpha value is -2.38. The molecule has 0 bridgehead atoms. The van der Waals surface area contributed by atoms with Crippen LogP contribution >= 0.6 is 0 Å². The molecular formula is C21H26N2O4S. The Labute approximate surface area is 166 Å². The van der Waals surface area contributed by atoms with E-state index in [4.69, 9.17) is 0 Å². The smallest absolute Gasteiger partial charge is 0.255 e. The summed E-state index contributed by atoms with van der Waals surface area (Å²) < 4.78 is 26.7. The summed E-state index contributed by atoms with van der Waals surface area (Å²) in [6.07, 6.45) is 4.27. The summed E-state index contributed by atoms with van der Waals surface area (Å²) in [7, 11) is -3.68.